The van der Waals surface area contributed by atoms with E-state index in [9.17, 15) is 9.59 Å². The summed E-state index contributed by atoms with van der Waals surface area (Å²) in [4.78, 5) is 27.1. The second-order valence-corrected chi connectivity index (χ2v) is 5.05. The van der Waals surface area contributed by atoms with Gasteiger partial charge in [0, 0.05) is 11.9 Å². The number of rotatable bonds is 2. The number of anilines is 1. The van der Waals surface area contributed by atoms with Crippen LogP contribution in [0.4, 0.5) is 10.5 Å². The Hall–Kier alpha value is -1.91. The summed E-state index contributed by atoms with van der Waals surface area (Å²) in [6.07, 6.45) is 0.861. The molecule has 0 aliphatic rings. The summed E-state index contributed by atoms with van der Waals surface area (Å²) in [5.41, 5.74) is 0.921. The number of amides is 1. The SMILES string of the molecule is CC(=O)c1cnc(C)cc1NC(=O)OC(C)(C)C. The van der Waals surface area contributed by atoms with Gasteiger partial charge in [-0.2, -0.15) is 0 Å². The number of nitrogens with zero attached hydrogens (tertiary/aromatic N) is 1. The van der Waals surface area contributed by atoms with Crippen LogP contribution in [0.5, 0.6) is 0 Å². The number of hydrogen-bond acceptors (Lipinski definition) is 4. The molecule has 0 unspecified atom stereocenters. The molecule has 0 saturated heterocycles. The fraction of sp³-hybridized carbons (Fsp3) is 0.462. The first-order valence-corrected chi connectivity index (χ1v) is 5.66. The Bertz CT molecular complexity index is 476. The lowest BCUT2D eigenvalue weighted by molar-refractivity contribution is 0.0636. The van der Waals surface area contributed by atoms with Crippen molar-refractivity contribution in [2.24, 2.45) is 0 Å². The third-order valence-electron chi connectivity index (χ3n) is 2.06. The maximum Gasteiger partial charge on any atom is 0.412 e. The van der Waals surface area contributed by atoms with E-state index >= 15 is 0 Å². The first-order valence-electron chi connectivity index (χ1n) is 5.66. The highest BCUT2D eigenvalue weighted by molar-refractivity contribution is 6.02. The minimum absolute atomic E-state index is 0.159. The molecular formula is C13H18N2O3. The minimum atomic E-state index is -0.587. The van der Waals surface area contributed by atoms with Crippen LogP contribution in [-0.4, -0.2) is 22.5 Å². The monoisotopic (exact) mass is 250 g/mol. The Labute approximate surface area is 107 Å². The number of nitrogens with one attached hydrogen (secondary N) is 1. The van der Waals surface area contributed by atoms with Crippen molar-refractivity contribution in [3.63, 3.8) is 0 Å². The van der Waals surface area contributed by atoms with Crippen molar-refractivity contribution in [3.05, 3.63) is 23.5 Å². The summed E-state index contributed by atoms with van der Waals surface area (Å²) in [5, 5.41) is 2.57. The van der Waals surface area contributed by atoms with Gasteiger partial charge in [0.05, 0.1) is 11.3 Å². The molecule has 0 bridgehead atoms. The van der Waals surface area contributed by atoms with E-state index in [-0.39, 0.29) is 5.78 Å². The van der Waals surface area contributed by atoms with Crippen molar-refractivity contribution < 1.29 is 14.3 Å². The molecule has 1 heterocycles. The molecule has 1 aromatic rings. The number of carbonyl (C=O) groups is 2. The number of pyridine rings is 1. The molecule has 18 heavy (non-hydrogen) atoms. The minimum Gasteiger partial charge on any atom is -0.444 e. The molecule has 0 saturated carbocycles. The molecule has 1 amide bonds. The summed E-state index contributed by atoms with van der Waals surface area (Å²) in [5.74, 6) is -0.159. The van der Waals surface area contributed by atoms with Crippen molar-refractivity contribution in [3.8, 4) is 0 Å². The van der Waals surface area contributed by atoms with Crippen LogP contribution in [0.15, 0.2) is 12.3 Å². The molecule has 1 aromatic heterocycles. The van der Waals surface area contributed by atoms with Crippen LogP contribution in [0.1, 0.15) is 43.7 Å². The largest absolute Gasteiger partial charge is 0.444 e. The smallest absolute Gasteiger partial charge is 0.412 e. The van der Waals surface area contributed by atoms with Gasteiger partial charge in [0.25, 0.3) is 0 Å². The molecule has 0 aromatic carbocycles. The third-order valence-corrected chi connectivity index (χ3v) is 2.06. The van der Waals surface area contributed by atoms with Gasteiger partial charge in [0.2, 0.25) is 0 Å². The molecule has 1 rings (SSSR count). The zero-order valence-electron chi connectivity index (χ0n) is 11.3. The van der Waals surface area contributed by atoms with Crippen LogP contribution in [0.25, 0.3) is 0 Å². The molecule has 98 valence electrons. The average Bonchev–Trinajstić information content (AvgIpc) is 2.13. The van der Waals surface area contributed by atoms with Crippen molar-refractivity contribution in [1.82, 2.24) is 4.98 Å². The highest BCUT2D eigenvalue weighted by Crippen LogP contribution is 2.18. The van der Waals surface area contributed by atoms with E-state index in [0.29, 0.717) is 16.9 Å². The van der Waals surface area contributed by atoms with E-state index in [4.69, 9.17) is 4.74 Å². The summed E-state index contributed by atoms with van der Waals surface area (Å²) in [7, 11) is 0. The average molecular weight is 250 g/mol. The molecule has 1 N–H and O–H groups in total. The second-order valence-electron chi connectivity index (χ2n) is 5.05. The fourth-order valence-corrected chi connectivity index (χ4v) is 1.36. The lowest BCUT2D eigenvalue weighted by Gasteiger charge is -2.20. The number of carbonyl (C=O) groups excluding carboxylic acids is 2. The molecule has 0 aliphatic carbocycles. The first kappa shape index (κ1) is 14.2. The number of hydrogen-bond donors (Lipinski definition) is 1. The molecule has 0 radical (unpaired) electrons. The first-order chi connectivity index (χ1) is 8.19. The van der Waals surface area contributed by atoms with Crippen molar-refractivity contribution in [2.45, 2.75) is 40.2 Å². The molecule has 0 spiro atoms. The van der Waals surface area contributed by atoms with Crippen LogP contribution in [0.3, 0.4) is 0 Å². The predicted octanol–water partition coefficient (Wildman–Crippen LogP) is 2.94. The molecule has 0 aliphatic heterocycles. The normalized spacial score (nSPS) is 10.9. The van der Waals surface area contributed by atoms with E-state index in [1.165, 1.54) is 13.1 Å². The van der Waals surface area contributed by atoms with Crippen molar-refractivity contribution in [1.29, 1.82) is 0 Å². The van der Waals surface area contributed by atoms with Gasteiger partial charge in [-0.15, -0.1) is 0 Å². The van der Waals surface area contributed by atoms with Gasteiger partial charge >= 0.3 is 6.09 Å². The van der Waals surface area contributed by atoms with Crippen LogP contribution < -0.4 is 5.32 Å². The number of ketones is 1. The Balaban J connectivity index is 2.93. The Morgan fingerprint density at radius 3 is 2.44 bits per heavy atom. The highest BCUT2D eigenvalue weighted by Gasteiger charge is 2.18. The quantitative estimate of drug-likeness (QED) is 0.819. The van der Waals surface area contributed by atoms with E-state index in [1.54, 1.807) is 33.8 Å². The molecular weight excluding hydrogens is 232 g/mol. The second kappa shape index (κ2) is 5.16. The molecule has 5 nitrogen and oxygen atoms in total. The Morgan fingerprint density at radius 1 is 1.33 bits per heavy atom. The maximum absolute atomic E-state index is 11.6. The Morgan fingerprint density at radius 2 is 1.94 bits per heavy atom. The summed E-state index contributed by atoms with van der Waals surface area (Å²) >= 11 is 0. The predicted molar refractivity (Wildman–Crippen MR) is 68.8 cm³/mol. The van der Waals surface area contributed by atoms with Crippen LogP contribution in [-0.2, 0) is 4.74 Å². The van der Waals surface area contributed by atoms with Gasteiger partial charge < -0.3 is 4.74 Å². The van der Waals surface area contributed by atoms with Gasteiger partial charge in [-0.1, -0.05) is 0 Å². The zero-order chi connectivity index (χ0) is 13.9. The number of aryl methyl sites for hydroxylation is 1. The summed E-state index contributed by atoms with van der Waals surface area (Å²) < 4.78 is 5.13. The van der Waals surface area contributed by atoms with E-state index in [1.807, 2.05) is 0 Å². The number of aromatic nitrogens is 1. The zero-order valence-corrected chi connectivity index (χ0v) is 11.3. The van der Waals surface area contributed by atoms with Crippen LogP contribution >= 0.6 is 0 Å². The van der Waals surface area contributed by atoms with E-state index < -0.39 is 11.7 Å². The lowest BCUT2D eigenvalue weighted by atomic mass is 10.1. The third kappa shape index (κ3) is 4.16. The standard InChI is InChI=1S/C13H18N2O3/c1-8-6-11(10(7-14-8)9(2)16)15-12(17)18-13(3,4)5/h6-7H,1-5H3,(H,14,15,17). The van der Waals surface area contributed by atoms with Crippen LogP contribution in [0, 0.1) is 6.92 Å². The molecule has 0 atom stereocenters. The van der Waals surface area contributed by atoms with Crippen molar-refractivity contribution >= 4 is 17.6 Å². The number of Topliss-reactive ketones (excluding diaryl/α,β-unsaturated/α-hetero) is 1. The molecule has 0 fully saturated rings. The van der Waals surface area contributed by atoms with Gasteiger partial charge in [-0.05, 0) is 40.7 Å². The van der Waals surface area contributed by atoms with E-state index in [2.05, 4.69) is 10.3 Å². The molecule has 5 heteroatoms. The maximum atomic E-state index is 11.6. The van der Waals surface area contributed by atoms with Gasteiger partial charge in [0.15, 0.2) is 5.78 Å². The van der Waals surface area contributed by atoms with Gasteiger partial charge in [0.1, 0.15) is 5.60 Å². The fourth-order valence-electron chi connectivity index (χ4n) is 1.36. The van der Waals surface area contributed by atoms with E-state index in [0.717, 1.165) is 0 Å². The highest BCUT2D eigenvalue weighted by atomic mass is 16.6. The topological polar surface area (TPSA) is 68.3 Å². The summed E-state index contributed by atoms with van der Waals surface area (Å²) in [6, 6.07) is 1.64. The number of ether oxygens (including phenoxy) is 1. The summed E-state index contributed by atoms with van der Waals surface area (Å²) in [6.45, 7) is 8.53. The lowest BCUT2D eigenvalue weighted by Crippen LogP contribution is -2.27. The Kier molecular flexibility index (Phi) is 4.06. The van der Waals surface area contributed by atoms with Crippen molar-refractivity contribution in [2.75, 3.05) is 5.32 Å². The van der Waals surface area contributed by atoms with Gasteiger partial charge in [-0.3, -0.25) is 15.1 Å². The van der Waals surface area contributed by atoms with Crippen LogP contribution in [0.2, 0.25) is 0 Å². The van der Waals surface area contributed by atoms with Gasteiger partial charge in [-0.25, -0.2) is 4.79 Å².